The Morgan fingerprint density at radius 3 is 1.52 bits per heavy atom. The number of ether oxygens (including phenoxy) is 13. The van der Waals surface area contributed by atoms with Gasteiger partial charge in [-0.05, 0) is 247 Å². The van der Waals surface area contributed by atoms with Gasteiger partial charge in [0, 0.05) is 68.5 Å². The van der Waals surface area contributed by atoms with Crippen molar-refractivity contribution in [1.82, 2.24) is 25.8 Å². The summed E-state index contributed by atoms with van der Waals surface area (Å²) >= 11 is 0. The first-order chi connectivity index (χ1) is 72.1. The number of likely N-dealkylation sites (tertiary alicyclic amines) is 1. The number of pyridine rings is 1. The van der Waals surface area contributed by atoms with Gasteiger partial charge in [0.1, 0.15) is 117 Å². The van der Waals surface area contributed by atoms with Crippen molar-refractivity contribution in [2.24, 2.45) is 5.92 Å². The van der Waals surface area contributed by atoms with Crippen LogP contribution in [0.3, 0.4) is 0 Å². The molecule has 4 heterocycles. The first kappa shape index (κ1) is 111. The number of rotatable bonds is 42. The lowest BCUT2D eigenvalue weighted by Gasteiger charge is -2.34. The number of benzene rings is 12. The minimum Gasteiger partial charge on any atom is -0.511 e. The van der Waals surface area contributed by atoms with Crippen molar-refractivity contribution in [3.8, 4) is 126 Å². The summed E-state index contributed by atoms with van der Waals surface area (Å²) < 4.78 is 118. The normalized spacial score (nSPS) is 13.4. The molecule has 27 heteroatoms. The average molecular weight is 2030 g/mol. The molecule has 782 valence electrons. The number of carbonyl (C=O) groups excluding carboxylic acids is 2. The Morgan fingerprint density at radius 2 is 1.01 bits per heavy atom. The van der Waals surface area contributed by atoms with Crippen LogP contribution >= 0.6 is 0 Å². The molecule has 1 fully saturated rings. The number of methoxy groups -OCH3 is 4. The zero-order valence-corrected chi connectivity index (χ0v) is 87.1. The van der Waals surface area contributed by atoms with Crippen LogP contribution in [0.1, 0.15) is 149 Å². The number of alkyl halides is 3. The fraction of sp³-hybridized carbons (Fsp3) is 0.328. The lowest BCUT2D eigenvalue weighted by molar-refractivity contribution is -0.139. The summed E-state index contributed by atoms with van der Waals surface area (Å²) in [7, 11) is 6.48. The topological polar surface area (TPSA) is 291 Å². The highest BCUT2D eigenvalue weighted by molar-refractivity contribution is 5.81. The molecule has 6 N–H and O–H groups in total. The molecule has 3 atom stereocenters. The maximum Gasteiger partial charge on any atom is 0.419 e. The van der Waals surface area contributed by atoms with E-state index in [1.54, 1.807) is 60.5 Å². The van der Waals surface area contributed by atoms with Crippen LogP contribution in [0, 0.1) is 51.9 Å². The van der Waals surface area contributed by atoms with Crippen LogP contribution in [-0.4, -0.2) is 136 Å². The standard InChI is InChI=1S/C36H36N2O6.C31H32F3NO4.C28H35NO4.C27H32N2O4/c1-23-14-30(19-38-32(20-39)25(3)40)35(43-21-27-7-4-6-26(15-27)18-37)17-34(23)44-22-29-8-5-9-31(24(29)2)28-10-11-33-36(16-28)42-13-12-41-33;1-20-24(6-5-7-25(20)23-10-12-28-30(17-23)38-15-14-37-28)19-39-29-16-22(9-11-26(29)31(32,33)34)18-35-13-4-3-8-27(35)21(2)36;1-19(2)26(17-30)29-16-25-27(31-4)14-23(15-28(25)32-5)33-18-22-12-9-13-24(20(22)3)21-10-7-6-8-11-21;1-19(30)10-9-15-28-17-24-25(31-3)16-26(29-27(24)32-4)33-18-22-13-8-14-23(20(22)2)21-11-6-5-7-12-21/h4-11,14-17,32,38-40H,3,12-13,19-22H2,1-2H3;5-7,9-12,16-17,27H,3-4,8,13-15,18-19H2,1-2H3;6-15,19,26,29-30H,16-18H2,1-5H3;5-8,11-14,16,28H,9-10,15,17-18H2,1-4H3/t32-;27-;26-;/m110./s1. The van der Waals surface area contributed by atoms with Gasteiger partial charge in [-0.15, -0.1) is 0 Å². The van der Waals surface area contributed by atoms with Crippen molar-refractivity contribution in [3.05, 3.63) is 344 Å². The quantitative estimate of drug-likeness (QED) is 0.0153. The van der Waals surface area contributed by atoms with Crippen molar-refractivity contribution in [3.63, 3.8) is 0 Å². The Bertz CT molecular complexity index is 6680. The third-order valence-corrected chi connectivity index (χ3v) is 26.7. The monoisotopic (exact) mass is 2030 g/mol. The summed E-state index contributed by atoms with van der Waals surface area (Å²) in [6, 6.07) is 78.8. The maximum absolute atomic E-state index is 13.9. The Kier molecular flexibility index (Phi) is 40.9. The highest BCUT2D eigenvalue weighted by Crippen LogP contribution is 2.44. The molecular weight excluding hydrogens is 1890 g/mol. The lowest BCUT2D eigenvalue weighted by atomic mass is 9.96. The Labute approximate surface area is 872 Å². The molecule has 1 aromatic heterocycles. The molecule has 0 spiro atoms. The van der Waals surface area contributed by atoms with Gasteiger partial charge in [-0.2, -0.15) is 23.4 Å². The second kappa shape index (κ2) is 54.7. The summed E-state index contributed by atoms with van der Waals surface area (Å²) in [5, 5.41) is 48.1. The van der Waals surface area contributed by atoms with Crippen LogP contribution in [0.4, 0.5) is 13.2 Å². The number of fused-ring (bicyclic) bond motifs is 2. The van der Waals surface area contributed by atoms with Gasteiger partial charge in [-0.25, -0.2) is 0 Å². The second-order valence-corrected chi connectivity index (χ2v) is 37.2. The largest absolute Gasteiger partial charge is 0.511 e. The van der Waals surface area contributed by atoms with Crippen molar-refractivity contribution in [2.75, 3.05) is 81.2 Å². The van der Waals surface area contributed by atoms with E-state index in [-0.39, 0.29) is 61.6 Å². The molecule has 24 nitrogen and oxygen atoms in total. The Morgan fingerprint density at radius 1 is 0.497 bits per heavy atom. The van der Waals surface area contributed by atoms with Crippen molar-refractivity contribution in [2.45, 2.75) is 178 Å². The van der Waals surface area contributed by atoms with E-state index >= 15 is 0 Å². The Balaban J connectivity index is 0.000000167. The SMILES string of the molecule is C=C(O)[C@@H](CO)NCc1cc(C)c(OCc2cccc(-c3ccc4c(c3)OCCO4)c2C)cc1OCc1cccc(C#N)c1.CC(=O)[C@H]1CCCCN1Cc1ccc(C(F)(F)F)c(OCc2cccc(-c3ccc4c(c3)OCCO4)c2C)c1.COc1cc(OCc2cccc(-c3ccccc3)c2C)cc(OC)c1CN[C@@H](CO)C(C)C.COc1cc(OCc2cccc(-c3ccccc3)c2C)nc(OC)c1CNCCCC(C)=O. The first-order valence-corrected chi connectivity index (χ1v) is 50.2. The molecule has 0 aliphatic carbocycles. The van der Waals surface area contributed by atoms with Crippen LogP contribution in [0.5, 0.6) is 75.0 Å². The minimum atomic E-state index is -4.55. The molecular formula is C122H135F3N6O18. The van der Waals surface area contributed by atoms with E-state index in [9.17, 15) is 43.3 Å². The second-order valence-electron chi connectivity index (χ2n) is 37.2. The van der Waals surface area contributed by atoms with Gasteiger partial charge in [-0.1, -0.05) is 191 Å². The van der Waals surface area contributed by atoms with E-state index in [2.05, 4.69) is 152 Å². The number of nitrogens with one attached hydrogen (secondary N) is 3. The van der Waals surface area contributed by atoms with Crippen LogP contribution in [0.2, 0.25) is 0 Å². The zero-order chi connectivity index (χ0) is 106. The summed E-state index contributed by atoms with van der Waals surface area (Å²) in [6.45, 7) is 27.6. The van der Waals surface area contributed by atoms with Gasteiger partial charge in [0.15, 0.2) is 23.0 Å². The minimum absolute atomic E-state index is 0.00444. The van der Waals surface area contributed by atoms with Crippen LogP contribution in [0.25, 0.3) is 44.5 Å². The van der Waals surface area contributed by atoms with Crippen LogP contribution in [-0.2, 0) is 75.0 Å². The number of carbonyl (C=O) groups is 2. The van der Waals surface area contributed by atoms with Crippen molar-refractivity contribution < 1.29 is 99.7 Å². The van der Waals surface area contributed by atoms with E-state index in [1.165, 1.54) is 45.5 Å². The molecule has 149 heavy (non-hydrogen) atoms. The predicted octanol–water partition coefficient (Wildman–Crippen LogP) is 23.7. The number of aromatic nitrogens is 1. The molecule has 0 unspecified atom stereocenters. The zero-order valence-electron chi connectivity index (χ0n) is 87.1. The number of halogens is 3. The van der Waals surface area contributed by atoms with Gasteiger partial charge < -0.3 is 97.6 Å². The van der Waals surface area contributed by atoms with Crippen molar-refractivity contribution >= 4 is 11.6 Å². The number of nitrogens with zero attached hydrogens (tertiary/aromatic N) is 3. The molecule has 16 rings (SSSR count). The third-order valence-electron chi connectivity index (χ3n) is 26.7. The number of aliphatic hydroxyl groups excluding tert-OH is 3. The highest BCUT2D eigenvalue weighted by atomic mass is 19.4. The summed E-state index contributed by atoms with van der Waals surface area (Å²) in [5.41, 5.74) is 22.0. The molecule has 3 aliphatic rings. The number of aryl methyl sites for hydroxylation is 1. The van der Waals surface area contributed by atoms with Crippen LogP contribution < -0.4 is 77.5 Å². The Hall–Kier alpha value is -14.9. The van der Waals surface area contributed by atoms with E-state index in [0.29, 0.717) is 154 Å². The maximum atomic E-state index is 13.9. The van der Waals surface area contributed by atoms with E-state index < -0.39 is 17.8 Å². The van der Waals surface area contributed by atoms with Gasteiger partial charge in [0.25, 0.3) is 0 Å². The molecule has 12 aromatic carbocycles. The van der Waals surface area contributed by atoms with E-state index in [1.807, 2.05) is 141 Å². The number of Topliss-reactive ketones (excluding diaryl/α,β-unsaturated/α-hetero) is 2. The smallest absolute Gasteiger partial charge is 0.419 e. The fourth-order valence-electron chi connectivity index (χ4n) is 18.1. The number of nitriles is 1. The first-order valence-electron chi connectivity index (χ1n) is 50.2. The third kappa shape index (κ3) is 30.5. The highest BCUT2D eigenvalue weighted by Gasteiger charge is 2.36. The number of ketones is 2. The summed E-state index contributed by atoms with van der Waals surface area (Å²) in [4.78, 5) is 29.8. The molecule has 0 bridgehead atoms. The fourth-order valence-corrected chi connectivity index (χ4v) is 18.1. The summed E-state index contributed by atoms with van der Waals surface area (Å²) in [5.74, 6) is 7.97. The van der Waals surface area contributed by atoms with E-state index in [0.717, 1.165) is 140 Å². The lowest BCUT2D eigenvalue weighted by Crippen LogP contribution is -2.43. The molecule has 1 saturated heterocycles. The van der Waals surface area contributed by atoms with Gasteiger partial charge in [-0.3, -0.25) is 9.69 Å². The average Bonchev–Trinajstić information content (AvgIpc) is 0.797. The molecule has 13 aromatic rings. The van der Waals surface area contributed by atoms with Gasteiger partial charge in [0.05, 0.1) is 82.1 Å². The van der Waals surface area contributed by atoms with Gasteiger partial charge >= 0.3 is 6.18 Å². The van der Waals surface area contributed by atoms with Crippen LogP contribution in [0.15, 0.2) is 255 Å². The number of hydrogen-bond donors (Lipinski definition) is 6. The van der Waals surface area contributed by atoms with Gasteiger partial charge in [0.2, 0.25) is 11.8 Å². The molecule has 0 radical (unpaired) electrons. The summed E-state index contributed by atoms with van der Waals surface area (Å²) in [6.07, 6.45) is -0.478. The number of piperidine rings is 1. The number of aliphatic hydroxyl groups is 3. The predicted molar refractivity (Wildman–Crippen MR) is 573 cm³/mol. The molecule has 0 amide bonds. The van der Waals surface area contributed by atoms with E-state index in [4.69, 9.17) is 61.6 Å². The number of hydrogen-bond acceptors (Lipinski definition) is 24. The van der Waals surface area contributed by atoms with Crippen molar-refractivity contribution in [1.29, 1.82) is 5.26 Å². The molecule has 0 saturated carbocycles. The molecule has 3 aliphatic heterocycles.